The molecule has 7 nitrogen and oxygen atoms in total. The van der Waals surface area contributed by atoms with Gasteiger partial charge in [-0.3, -0.25) is 10.1 Å². The van der Waals surface area contributed by atoms with E-state index < -0.39 is 5.60 Å². The van der Waals surface area contributed by atoms with E-state index in [0.29, 0.717) is 41.2 Å². The summed E-state index contributed by atoms with van der Waals surface area (Å²) < 4.78 is 18.8. The highest BCUT2D eigenvalue weighted by Crippen LogP contribution is 2.29. The van der Waals surface area contributed by atoms with Gasteiger partial charge in [0, 0.05) is 28.7 Å². The fourth-order valence-electron chi connectivity index (χ4n) is 3.12. The van der Waals surface area contributed by atoms with Crippen LogP contribution in [0.5, 0.6) is 0 Å². The van der Waals surface area contributed by atoms with Crippen molar-refractivity contribution in [1.82, 2.24) is 14.9 Å². The average molecular weight is 416 g/mol. The summed E-state index contributed by atoms with van der Waals surface area (Å²) in [5, 5.41) is 3.88. The van der Waals surface area contributed by atoms with Gasteiger partial charge in [-0.05, 0) is 45.0 Å². The van der Waals surface area contributed by atoms with Crippen molar-refractivity contribution in [2.24, 2.45) is 0 Å². The molecule has 1 aromatic carbocycles. The van der Waals surface area contributed by atoms with Crippen LogP contribution >= 0.6 is 11.3 Å². The number of nitrogens with zero attached hydrogens (tertiary/aromatic N) is 2. The van der Waals surface area contributed by atoms with Crippen LogP contribution in [0.3, 0.4) is 0 Å². The van der Waals surface area contributed by atoms with Crippen LogP contribution in [0.25, 0.3) is 10.9 Å². The first-order valence-electron chi connectivity index (χ1n) is 9.24. The molecule has 1 aliphatic heterocycles. The summed E-state index contributed by atoms with van der Waals surface area (Å²) in [5.41, 5.74) is 1.34. The van der Waals surface area contributed by atoms with Crippen LogP contribution in [-0.2, 0) is 17.7 Å². The fourth-order valence-corrected chi connectivity index (χ4v) is 4.14. The molecule has 4 rings (SSSR count). The lowest BCUT2D eigenvalue weighted by molar-refractivity contribution is 0.0225. The Kier molecular flexibility index (Phi) is 4.77. The molecule has 2 aromatic heterocycles. The van der Waals surface area contributed by atoms with Gasteiger partial charge in [-0.25, -0.2) is 14.2 Å². The Morgan fingerprint density at radius 2 is 2.10 bits per heavy atom. The molecule has 0 fully saturated rings. The van der Waals surface area contributed by atoms with E-state index in [9.17, 15) is 14.0 Å². The van der Waals surface area contributed by atoms with Crippen molar-refractivity contribution in [2.75, 3.05) is 11.9 Å². The maximum absolute atomic E-state index is 13.3. The molecule has 9 heteroatoms. The van der Waals surface area contributed by atoms with Gasteiger partial charge >= 0.3 is 6.09 Å². The van der Waals surface area contributed by atoms with Crippen molar-refractivity contribution >= 4 is 39.4 Å². The van der Waals surface area contributed by atoms with Crippen LogP contribution in [0.1, 0.15) is 41.8 Å². The quantitative estimate of drug-likeness (QED) is 0.652. The third-order valence-electron chi connectivity index (χ3n) is 4.43. The Bertz CT molecular complexity index is 1100. The predicted molar refractivity (Wildman–Crippen MR) is 109 cm³/mol. The topological polar surface area (TPSA) is 87.3 Å². The summed E-state index contributed by atoms with van der Waals surface area (Å²) in [6.07, 6.45) is 0.250. The summed E-state index contributed by atoms with van der Waals surface area (Å²) in [6.45, 7) is 6.42. The number of fused-ring (bicyclic) bond motifs is 2. The molecular formula is C20H21FN4O3S. The average Bonchev–Trinajstić information content (AvgIpc) is 3.22. The lowest BCUT2D eigenvalue weighted by atomic mass is 10.2. The van der Waals surface area contributed by atoms with Crippen molar-refractivity contribution in [3.8, 4) is 0 Å². The summed E-state index contributed by atoms with van der Waals surface area (Å²) in [7, 11) is 0. The van der Waals surface area contributed by atoms with Crippen LogP contribution in [0.4, 0.5) is 14.3 Å². The number of carbonyl (C=O) groups is 2. The van der Waals surface area contributed by atoms with E-state index in [1.165, 1.54) is 23.5 Å². The first-order valence-corrected chi connectivity index (χ1v) is 10.1. The van der Waals surface area contributed by atoms with Crippen LogP contribution in [0.2, 0.25) is 0 Å². The Morgan fingerprint density at radius 1 is 1.31 bits per heavy atom. The molecule has 152 valence electrons. The van der Waals surface area contributed by atoms with E-state index in [1.54, 1.807) is 17.0 Å². The first kappa shape index (κ1) is 19.4. The highest BCUT2D eigenvalue weighted by atomic mass is 32.1. The molecule has 0 aliphatic carbocycles. The molecule has 2 N–H and O–H groups in total. The molecule has 1 aliphatic rings. The van der Waals surface area contributed by atoms with Crippen molar-refractivity contribution in [3.63, 3.8) is 0 Å². The number of halogens is 1. The highest BCUT2D eigenvalue weighted by molar-refractivity contribution is 7.15. The zero-order valence-electron chi connectivity index (χ0n) is 16.3. The molecular weight excluding hydrogens is 395 g/mol. The summed E-state index contributed by atoms with van der Waals surface area (Å²) in [6, 6.07) is 5.90. The normalized spacial score (nSPS) is 14.0. The molecule has 0 radical (unpaired) electrons. The van der Waals surface area contributed by atoms with E-state index >= 15 is 0 Å². The van der Waals surface area contributed by atoms with Crippen LogP contribution in [0, 0.1) is 5.82 Å². The standard InChI is InChI=1S/C20H21FN4O3S/c1-20(2,3)28-19(27)25-7-6-14-16(10-25)29-18(23-14)24-17(26)15-9-11-8-12(21)4-5-13(11)22-15/h4-5,8-9,22H,6-7,10H2,1-3H3,(H,23,24,26). The van der Waals surface area contributed by atoms with Gasteiger partial charge in [-0.2, -0.15) is 0 Å². The molecule has 3 heterocycles. The summed E-state index contributed by atoms with van der Waals surface area (Å²) in [4.78, 5) is 34.9. The molecule has 0 spiro atoms. The number of aromatic nitrogens is 2. The van der Waals surface area contributed by atoms with Gasteiger partial charge in [0.1, 0.15) is 17.1 Å². The Morgan fingerprint density at radius 3 is 2.86 bits per heavy atom. The summed E-state index contributed by atoms with van der Waals surface area (Å²) >= 11 is 1.34. The van der Waals surface area contributed by atoms with Crippen molar-refractivity contribution in [3.05, 3.63) is 46.3 Å². The van der Waals surface area contributed by atoms with Gasteiger partial charge in [-0.15, -0.1) is 0 Å². The number of nitrogens with one attached hydrogen (secondary N) is 2. The SMILES string of the molecule is CC(C)(C)OC(=O)N1CCc2nc(NC(=O)c3cc4cc(F)ccc4[nH]3)sc2C1. The van der Waals surface area contributed by atoms with Gasteiger partial charge in [0.25, 0.3) is 5.91 Å². The molecule has 0 bridgehead atoms. The molecule has 0 atom stereocenters. The molecule has 0 saturated carbocycles. The van der Waals surface area contributed by atoms with Crippen molar-refractivity contribution in [1.29, 1.82) is 0 Å². The summed E-state index contributed by atoms with van der Waals surface area (Å²) in [5.74, 6) is -0.706. The molecule has 2 amide bonds. The lowest BCUT2D eigenvalue weighted by Gasteiger charge is -2.29. The van der Waals surface area contributed by atoms with E-state index in [0.717, 1.165) is 10.6 Å². The number of anilines is 1. The first-order chi connectivity index (χ1) is 13.7. The van der Waals surface area contributed by atoms with Crippen molar-refractivity contribution < 1.29 is 18.7 Å². The fraction of sp³-hybridized carbons (Fsp3) is 0.350. The zero-order chi connectivity index (χ0) is 20.8. The second-order valence-corrected chi connectivity index (χ2v) is 8.99. The molecule has 0 unspecified atom stereocenters. The highest BCUT2D eigenvalue weighted by Gasteiger charge is 2.28. The predicted octanol–water partition coefficient (Wildman–Crippen LogP) is 4.31. The number of hydrogen-bond acceptors (Lipinski definition) is 5. The smallest absolute Gasteiger partial charge is 0.410 e. The number of rotatable bonds is 2. The minimum atomic E-state index is -0.549. The lowest BCUT2D eigenvalue weighted by Crippen LogP contribution is -2.39. The second-order valence-electron chi connectivity index (χ2n) is 7.91. The monoisotopic (exact) mass is 416 g/mol. The number of amides is 2. The van der Waals surface area contributed by atoms with E-state index in [1.807, 2.05) is 20.8 Å². The third kappa shape index (κ3) is 4.24. The number of aromatic amines is 1. The number of carbonyl (C=O) groups excluding carboxylic acids is 2. The van der Waals surface area contributed by atoms with Crippen LogP contribution in [0.15, 0.2) is 24.3 Å². The number of hydrogen-bond donors (Lipinski definition) is 2. The number of benzene rings is 1. The zero-order valence-corrected chi connectivity index (χ0v) is 17.2. The Balaban J connectivity index is 1.46. The van der Waals surface area contributed by atoms with Gasteiger partial charge in [-0.1, -0.05) is 11.3 Å². The van der Waals surface area contributed by atoms with E-state index in [2.05, 4.69) is 15.3 Å². The van der Waals surface area contributed by atoms with Gasteiger partial charge in [0.2, 0.25) is 0 Å². The number of ether oxygens (including phenoxy) is 1. The van der Waals surface area contributed by atoms with Gasteiger partial charge in [0.15, 0.2) is 5.13 Å². The largest absolute Gasteiger partial charge is 0.444 e. The second kappa shape index (κ2) is 7.14. The van der Waals surface area contributed by atoms with E-state index in [4.69, 9.17) is 4.74 Å². The number of H-pyrrole nitrogens is 1. The minimum Gasteiger partial charge on any atom is -0.444 e. The van der Waals surface area contributed by atoms with Crippen LogP contribution in [-0.4, -0.2) is 39.0 Å². The third-order valence-corrected chi connectivity index (χ3v) is 5.43. The van der Waals surface area contributed by atoms with Gasteiger partial charge in [0.05, 0.1) is 12.2 Å². The van der Waals surface area contributed by atoms with Gasteiger partial charge < -0.3 is 14.6 Å². The molecule has 0 saturated heterocycles. The van der Waals surface area contributed by atoms with E-state index in [-0.39, 0.29) is 17.8 Å². The molecule has 3 aromatic rings. The molecule has 29 heavy (non-hydrogen) atoms. The maximum atomic E-state index is 13.3. The Hall–Kier alpha value is -2.94. The number of thiazole rings is 1. The van der Waals surface area contributed by atoms with Crippen LogP contribution < -0.4 is 5.32 Å². The van der Waals surface area contributed by atoms with Crippen molar-refractivity contribution in [2.45, 2.75) is 39.3 Å². The minimum absolute atomic E-state index is 0.328. The Labute approximate surface area is 170 Å². The maximum Gasteiger partial charge on any atom is 0.410 e.